The molecule has 2 aromatic carbocycles. The fraction of sp³-hybridized carbons (Fsp3) is 0.500. The summed E-state index contributed by atoms with van der Waals surface area (Å²) in [6.45, 7) is 4.83. The maximum absolute atomic E-state index is 13.6. The Balaban J connectivity index is 1.92. The van der Waals surface area contributed by atoms with Crippen molar-refractivity contribution in [2.75, 3.05) is 20.2 Å². The first-order valence-electron chi connectivity index (χ1n) is 10.3. The number of hydrogen-bond donors (Lipinski definition) is 1. The molecule has 1 aliphatic rings. The van der Waals surface area contributed by atoms with Gasteiger partial charge < -0.3 is 10.1 Å². The van der Waals surface area contributed by atoms with Gasteiger partial charge in [0.25, 0.3) is 0 Å². The van der Waals surface area contributed by atoms with Crippen LogP contribution in [-0.2, 0) is 14.8 Å². The summed E-state index contributed by atoms with van der Waals surface area (Å²) >= 11 is 0. The molecular formula is C22H30N2O4S. The van der Waals surface area contributed by atoms with Crippen LogP contribution in [0, 0.1) is 5.92 Å². The lowest BCUT2D eigenvalue weighted by Crippen LogP contribution is -2.49. The van der Waals surface area contributed by atoms with Gasteiger partial charge in [-0.3, -0.25) is 4.79 Å². The molecule has 2 aromatic rings. The monoisotopic (exact) mass is 418 g/mol. The molecule has 0 bridgehead atoms. The van der Waals surface area contributed by atoms with E-state index in [0.29, 0.717) is 30.5 Å². The maximum atomic E-state index is 13.6. The number of ether oxygens (including phenoxy) is 1. The van der Waals surface area contributed by atoms with Crippen LogP contribution in [-0.4, -0.2) is 44.9 Å². The summed E-state index contributed by atoms with van der Waals surface area (Å²) in [5.74, 6) is 0.270. The minimum atomic E-state index is -3.76. The highest BCUT2D eigenvalue weighted by Gasteiger charge is 2.38. The molecule has 7 heteroatoms. The van der Waals surface area contributed by atoms with Crippen molar-refractivity contribution in [1.29, 1.82) is 0 Å². The van der Waals surface area contributed by atoms with Crippen molar-refractivity contribution in [3.8, 4) is 5.75 Å². The number of sulfonamides is 1. The number of benzene rings is 2. The lowest BCUT2D eigenvalue weighted by Gasteiger charge is -2.36. The van der Waals surface area contributed by atoms with Gasteiger partial charge >= 0.3 is 0 Å². The maximum Gasteiger partial charge on any atom is 0.243 e. The Morgan fingerprint density at radius 2 is 1.90 bits per heavy atom. The van der Waals surface area contributed by atoms with Crippen LogP contribution in [0.5, 0.6) is 5.75 Å². The number of carbonyl (C=O) groups is 1. The molecule has 1 saturated heterocycles. The van der Waals surface area contributed by atoms with E-state index in [1.165, 1.54) is 4.31 Å². The zero-order valence-corrected chi connectivity index (χ0v) is 18.2. The zero-order chi connectivity index (χ0) is 21.0. The summed E-state index contributed by atoms with van der Waals surface area (Å²) in [7, 11) is -2.18. The van der Waals surface area contributed by atoms with Gasteiger partial charge in [0.15, 0.2) is 0 Å². The number of amides is 1. The Bertz CT molecular complexity index is 974. The molecule has 6 nitrogen and oxygen atoms in total. The largest absolute Gasteiger partial charge is 0.496 e. The molecule has 2 atom stereocenters. The molecule has 1 heterocycles. The average Bonchev–Trinajstić information content (AvgIpc) is 2.73. The van der Waals surface area contributed by atoms with Crippen LogP contribution in [0.4, 0.5) is 0 Å². The molecular weight excluding hydrogens is 388 g/mol. The third kappa shape index (κ3) is 4.41. The van der Waals surface area contributed by atoms with Crippen molar-refractivity contribution in [3.63, 3.8) is 0 Å². The second-order valence-corrected chi connectivity index (χ2v) is 9.51. The summed E-state index contributed by atoms with van der Waals surface area (Å²) in [6, 6.07) is 10.5. The third-order valence-corrected chi connectivity index (χ3v) is 7.71. The molecule has 158 valence electrons. The number of methoxy groups -OCH3 is 1. The van der Waals surface area contributed by atoms with E-state index >= 15 is 0 Å². The van der Waals surface area contributed by atoms with Crippen LogP contribution in [0.2, 0.25) is 0 Å². The van der Waals surface area contributed by atoms with Crippen LogP contribution >= 0.6 is 0 Å². The minimum Gasteiger partial charge on any atom is -0.496 e. The minimum absolute atomic E-state index is 0.0508. The lowest BCUT2D eigenvalue weighted by molar-refractivity contribution is -0.126. The van der Waals surface area contributed by atoms with E-state index in [4.69, 9.17) is 4.74 Å². The Morgan fingerprint density at radius 3 is 2.59 bits per heavy atom. The lowest BCUT2D eigenvalue weighted by atomic mass is 9.94. The van der Waals surface area contributed by atoms with Crippen LogP contribution in [0.3, 0.4) is 0 Å². The molecule has 0 radical (unpaired) electrons. The van der Waals surface area contributed by atoms with E-state index in [0.717, 1.165) is 18.2 Å². The smallest absolute Gasteiger partial charge is 0.243 e. The molecule has 0 spiro atoms. The van der Waals surface area contributed by atoms with Crippen LogP contribution in [0.15, 0.2) is 41.3 Å². The molecule has 0 aromatic heterocycles. The summed E-state index contributed by atoms with van der Waals surface area (Å²) in [6.07, 6.45) is 3.30. The molecule has 2 unspecified atom stereocenters. The first-order valence-corrected chi connectivity index (χ1v) is 11.7. The predicted octanol–water partition coefficient (Wildman–Crippen LogP) is 3.55. The molecule has 1 aliphatic heterocycles. The van der Waals surface area contributed by atoms with Crippen molar-refractivity contribution in [3.05, 3.63) is 36.4 Å². The van der Waals surface area contributed by atoms with E-state index < -0.39 is 10.0 Å². The van der Waals surface area contributed by atoms with E-state index in [2.05, 4.69) is 12.2 Å². The topological polar surface area (TPSA) is 75.7 Å². The van der Waals surface area contributed by atoms with Gasteiger partial charge in [-0.15, -0.1) is 0 Å². The van der Waals surface area contributed by atoms with E-state index in [9.17, 15) is 13.2 Å². The standard InChI is InChI=1S/C22H30N2O4S/c1-4-5-14-23-22(25)17-11-10-16(2)24(15-17)29(26,27)21-13-12-20(28-3)18-8-6-7-9-19(18)21/h6-9,12-13,16-17H,4-5,10-11,14-15H2,1-3H3,(H,23,25). The van der Waals surface area contributed by atoms with E-state index in [1.807, 2.05) is 25.1 Å². The predicted molar refractivity (Wildman–Crippen MR) is 114 cm³/mol. The number of fused-ring (bicyclic) bond motifs is 1. The average molecular weight is 419 g/mol. The van der Waals surface area contributed by atoms with Gasteiger partial charge in [-0.2, -0.15) is 4.31 Å². The first kappa shape index (κ1) is 21.6. The van der Waals surface area contributed by atoms with Gasteiger partial charge in [0.05, 0.1) is 17.9 Å². The fourth-order valence-corrected chi connectivity index (χ4v) is 5.83. The molecule has 1 N–H and O–H groups in total. The summed E-state index contributed by atoms with van der Waals surface area (Å²) in [5.41, 5.74) is 0. The van der Waals surface area contributed by atoms with Gasteiger partial charge in [-0.25, -0.2) is 8.42 Å². The van der Waals surface area contributed by atoms with Crippen molar-refractivity contribution in [2.24, 2.45) is 5.92 Å². The van der Waals surface area contributed by atoms with Crippen LogP contribution < -0.4 is 10.1 Å². The van der Waals surface area contributed by atoms with Gasteiger partial charge in [0.1, 0.15) is 5.75 Å². The van der Waals surface area contributed by atoms with Crippen molar-refractivity contribution in [1.82, 2.24) is 9.62 Å². The highest BCUT2D eigenvalue weighted by molar-refractivity contribution is 7.89. The number of hydrogen-bond acceptors (Lipinski definition) is 4. The van der Waals surface area contributed by atoms with Crippen molar-refractivity contribution >= 4 is 26.7 Å². The van der Waals surface area contributed by atoms with Gasteiger partial charge in [-0.05, 0) is 38.3 Å². The Morgan fingerprint density at radius 1 is 1.17 bits per heavy atom. The number of nitrogens with zero attached hydrogens (tertiary/aromatic N) is 1. The third-order valence-electron chi connectivity index (χ3n) is 5.68. The van der Waals surface area contributed by atoms with Crippen LogP contribution in [0.1, 0.15) is 39.5 Å². The first-order chi connectivity index (χ1) is 13.9. The second kappa shape index (κ2) is 9.13. The fourth-order valence-electron chi connectivity index (χ4n) is 3.93. The number of rotatable bonds is 7. The molecule has 1 fully saturated rings. The number of piperidine rings is 1. The number of unbranched alkanes of at least 4 members (excludes halogenated alkanes) is 1. The molecule has 29 heavy (non-hydrogen) atoms. The normalized spacial score (nSPS) is 20.5. The molecule has 3 rings (SSSR count). The van der Waals surface area contributed by atoms with Gasteiger partial charge in [0.2, 0.25) is 15.9 Å². The van der Waals surface area contributed by atoms with Crippen LogP contribution in [0.25, 0.3) is 10.8 Å². The number of carbonyl (C=O) groups excluding carboxylic acids is 1. The second-order valence-electron chi connectivity index (χ2n) is 7.65. The summed E-state index contributed by atoms with van der Waals surface area (Å²) in [5, 5.41) is 4.34. The number of nitrogens with one attached hydrogen (secondary N) is 1. The van der Waals surface area contributed by atoms with Gasteiger partial charge in [0, 0.05) is 29.9 Å². The highest BCUT2D eigenvalue weighted by atomic mass is 32.2. The van der Waals surface area contributed by atoms with Crippen molar-refractivity contribution in [2.45, 2.75) is 50.5 Å². The Hall–Kier alpha value is -2.12. The molecule has 0 aliphatic carbocycles. The highest BCUT2D eigenvalue weighted by Crippen LogP contribution is 2.35. The summed E-state index contributed by atoms with van der Waals surface area (Å²) < 4.78 is 34.1. The molecule has 1 amide bonds. The summed E-state index contributed by atoms with van der Waals surface area (Å²) in [4.78, 5) is 12.8. The quantitative estimate of drug-likeness (QED) is 0.698. The Labute approximate surface area is 173 Å². The van der Waals surface area contributed by atoms with Gasteiger partial charge in [-0.1, -0.05) is 37.6 Å². The zero-order valence-electron chi connectivity index (χ0n) is 17.3. The Kier molecular flexibility index (Phi) is 6.80. The SMILES string of the molecule is CCCCNC(=O)C1CCC(C)N(S(=O)(=O)c2ccc(OC)c3ccccc23)C1. The molecule has 0 saturated carbocycles. The van der Waals surface area contributed by atoms with E-state index in [1.54, 1.807) is 25.3 Å². The van der Waals surface area contributed by atoms with Crippen molar-refractivity contribution < 1.29 is 17.9 Å². The van der Waals surface area contributed by atoms with E-state index in [-0.39, 0.29) is 29.3 Å².